The number of hydrogen-bond acceptors (Lipinski definition) is 7. The van der Waals surface area contributed by atoms with Crippen LogP contribution in [0.2, 0.25) is 0 Å². The van der Waals surface area contributed by atoms with E-state index in [0.29, 0.717) is 12.1 Å². The van der Waals surface area contributed by atoms with E-state index < -0.39 is 35.6 Å². The molecule has 242 valence electrons. The standard InChI is InChI=1S/C27H33N5O5S.C4H10.C2H6/c1-16(2)23(24(34)26(36)29-13-18-9-11-20(12-10-18)38-28-4)31-25(35)17(3)30-22(33)15-32-14-19-7-5-6-8-21(19)27(32)37;1-4(2)3;1-2/h5-12,16-17,23,28H,13-15H2,1-4H3,(H,29,36)(H,30,33)(H,31,35);4H,1-3H3;1-2H3/t17-,23?;;/m0../s1. The fraction of sp³-hybridized carbons (Fsp3) is 0.485. The van der Waals surface area contributed by atoms with E-state index in [9.17, 15) is 24.0 Å². The van der Waals surface area contributed by atoms with Crippen molar-refractivity contribution in [2.45, 2.75) is 85.5 Å². The lowest BCUT2D eigenvalue weighted by molar-refractivity contribution is -0.141. The van der Waals surface area contributed by atoms with Crippen LogP contribution in [0.25, 0.3) is 0 Å². The quantitative estimate of drug-likeness (QED) is 0.206. The van der Waals surface area contributed by atoms with Crippen molar-refractivity contribution >= 4 is 41.4 Å². The van der Waals surface area contributed by atoms with Gasteiger partial charge in [-0.3, -0.25) is 28.7 Å². The fourth-order valence-electron chi connectivity index (χ4n) is 3.99. The second-order valence-electron chi connectivity index (χ2n) is 11.1. The van der Waals surface area contributed by atoms with E-state index in [1.807, 2.05) is 57.3 Å². The SMILES string of the molecule is CC.CC(C)C.CNSc1ccc(CNC(=O)C(=O)C(NC(=O)[C@H](C)NC(=O)CN2Cc3ccccc3C2=O)C(C)C)cc1. The third kappa shape index (κ3) is 12.5. The number of hydrogen-bond donors (Lipinski definition) is 4. The molecule has 2 aromatic rings. The minimum Gasteiger partial charge on any atom is -0.345 e. The van der Waals surface area contributed by atoms with E-state index in [2.05, 4.69) is 41.4 Å². The van der Waals surface area contributed by atoms with Crippen molar-refractivity contribution in [2.75, 3.05) is 13.6 Å². The highest BCUT2D eigenvalue weighted by molar-refractivity contribution is 7.97. The van der Waals surface area contributed by atoms with Gasteiger partial charge in [0.05, 0.1) is 6.04 Å². The molecule has 4 amide bonds. The number of amides is 4. The molecule has 1 unspecified atom stereocenters. The van der Waals surface area contributed by atoms with Crippen molar-refractivity contribution in [3.05, 3.63) is 65.2 Å². The van der Waals surface area contributed by atoms with E-state index in [1.54, 1.807) is 26.0 Å². The average molecular weight is 628 g/mol. The summed E-state index contributed by atoms with van der Waals surface area (Å²) in [5.41, 5.74) is 2.23. The normalized spacial score (nSPS) is 13.1. The van der Waals surface area contributed by atoms with Gasteiger partial charge >= 0.3 is 0 Å². The fourth-order valence-corrected chi connectivity index (χ4v) is 4.49. The van der Waals surface area contributed by atoms with Gasteiger partial charge in [0.1, 0.15) is 12.6 Å². The first-order chi connectivity index (χ1) is 20.8. The molecule has 11 heteroatoms. The van der Waals surface area contributed by atoms with Crippen LogP contribution in [0.3, 0.4) is 0 Å². The Morgan fingerprint density at radius 3 is 2.02 bits per heavy atom. The van der Waals surface area contributed by atoms with Gasteiger partial charge in [-0.15, -0.1) is 0 Å². The first kappa shape index (κ1) is 38.3. The zero-order valence-electron chi connectivity index (χ0n) is 27.4. The summed E-state index contributed by atoms with van der Waals surface area (Å²) in [6.45, 7) is 15.7. The number of carbonyl (C=O) groups excluding carboxylic acids is 5. The first-order valence-electron chi connectivity index (χ1n) is 15.0. The Bertz CT molecular complexity index is 1250. The van der Waals surface area contributed by atoms with Crippen molar-refractivity contribution in [1.29, 1.82) is 0 Å². The monoisotopic (exact) mass is 627 g/mol. The molecule has 0 saturated heterocycles. The molecule has 3 rings (SSSR count). The average Bonchev–Trinajstić information content (AvgIpc) is 3.30. The number of rotatable bonds is 12. The summed E-state index contributed by atoms with van der Waals surface area (Å²) in [6, 6.07) is 12.6. The minimum atomic E-state index is -1.06. The van der Waals surface area contributed by atoms with Gasteiger partial charge in [0.15, 0.2) is 0 Å². The number of Topliss-reactive ketones (excluding diaryl/α,β-unsaturated/α-hetero) is 1. The van der Waals surface area contributed by atoms with E-state index in [4.69, 9.17) is 0 Å². The van der Waals surface area contributed by atoms with Crippen LogP contribution in [0.4, 0.5) is 0 Å². The molecule has 1 heterocycles. The molecule has 2 atom stereocenters. The molecule has 0 spiro atoms. The van der Waals surface area contributed by atoms with E-state index in [1.165, 1.54) is 23.8 Å². The Labute approximate surface area is 266 Å². The largest absolute Gasteiger partial charge is 0.345 e. The maximum Gasteiger partial charge on any atom is 0.289 e. The molecule has 1 aliphatic heterocycles. The molecule has 0 radical (unpaired) electrons. The first-order valence-corrected chi connectivity index (χ1v) is 15.9. The number of nitrogens with one attached hydrogen (secondary N) is 4. The molecular formula is C33H49N5O5S. The summed E-state index contributed by atoms with van der Waals surface area (Å²) in [6.07, 6.45) is 0. The van der Waals surface area contributed by atoms with Crippen molar-refractivity contribution in [1.82, 2.24) is 25.6 Å². The topological polar surface area (TPSA) is 137 Å². The van der Waals surface area contributed by atoms with Crippen molar-refractivity contribution in [3.8, 4) is 0 Å². The van der Waals surface area contributed by atoms with Gasteiger partial charge in [-0.1, -0.05) is 78.8 Å². The molecule has 0 bridgehead atoms. The van der Waals surface area contributed by atoms with Crippen LogP contribution in [-0.4, -0.2) is 60.0 Å². The number of carbonyl (C=O) groups is 5. The number of fused-ring (bicyclic) bond motifs is 1. The van der Waals surface area contributed by atoms with E-state index in [0.717, 1.165) is 21.9 Å². The summed E-state index contributed by atoms with van der Waals surface area (Å²) in [4.78, 5) is 65.6. The van der Waals surface area contributed by atoms with Crippen LogP contribution in [0.1, 0.15) is 76.9 Å². The summed E-state index contributed by atoms with van der Waals surface area (Å²) < 4.78 is 2.98. The minimum absolute atomic E-state index is 0.166. The molecule has 0 aliphatic carbocycles. The zero-order chi connectivity index (χ0) is 33.4. The third-order valence-corrected chi connectivity index (χ3v) is 6.78. The van der Waals surface area contributed by atoms with E-state index in [-0.39, 0.29) is 24.9 Å². The third-order valence-electron chi connectivity index (χ3n) is 6.07. The molecule has 0 fully saturated rings. The molecular weight excluding hydrogens is 578 g/mol. The predicted octanol–water partition coefficient (Wildman–Crippen LogP) is 4.09. The molecule has 4 N–H and O–H groups in total. The molecule has 2 aromatic carbocycles. The van der Waals surface area contributed by atoms with E-state index >= 15 is 0 Å². The predicted molar refractivity (Wildman–Crippen MR) is 176 cm³/mol. The second-order valence-corrected chi connectivity index (χ2v) is 12.2. The van der Waals surface area contributed by atoms with Gasteiger partial charge < -0.3 is 20.9 Å². The molecule has 44 heavy (non-hydrogen) atoms. The van der Waals surface area contributed by atoms with Gasteiger partial charge in [-0.05, 0) is 67.1 Å². The molecule has 1 aliphatic rings. The van der Waals surface area contributed by atoms with Gasteiger partial charge in [0.2, 0.25) is 17.6 Å². The lowest BCUT2D eigenvalue weighted by Gasteiger charge is -2.23. The molecule has 10 nitrogen and oxygen atoms in total. The molecule has 0 saturated carbocycles. The maximum absolute atomic E-state index is 12.8. The zero-order valence-corrected chi connectivity index (χ0v) is 28.3. The Kier molecular flexibility index (Phi) is 17.0. The van der Waals surface area contributed by atoms with Gasteiger partial charge in [0.25, 0.3) is 11.8 Å². The second kappa shape index (κ2) is 19.6. The number of benzene rings is 2. The van der Waals surface area contributed by atoms with Crippen molar-refractivity contribution < 1.29 is 24.0 Å². The highest BCUT2D eigenvalue weighted by Gasteiger charge is 2.32. The summed E-state index contributed by atoms with van der Waals surface area (Å²) in [5, 5.41) is 7.75. The highest BCUT2D eigenvalue weighted by atomic mass is 32.2. The number of nitrogens with zero attached hydrogens (tertiary/aromatic N) is 1. The lowest BCUT2D eigenvalue weighted by Crippen LogP contribution is -2.55. The summed E-state index contributed by atoms with van der Waals surface area (Å²) in [7, 11) is 1.82. The van der Waals surface area contributed by atoms with Crippen LogP contribution >= 0.6 is 11.9 Å². The Morgan fingerprint density at radius 1 is 0.886 bits per heavy atom. The van der Waals surface area contributed by atoms with Crippen molar-refractivity contribution in [3.63, 3.8) is 0 Å². The van der Waals surface area contributed by atoms with Crippen LogP contribution in [0.15, 0.2) is 53.4 Å². The Balaban J connectivity index is 0.00000149. The van der Waals surface area contributed by atoms with Crippen LogP contribution in [0.5, 0.6) is 0 Å². The summed E-state index contributed by atoms with van der Waals surface area (Å²) >= 11 is 1.46. The smallest absolute Gasteiger partial charge is 0.289 e. The number of ketones is 1. The van der Waals surface area contributed by atoms with Crippen molar-refractivity contribution in [2.24, 2.45) is 11.8 Å². The lowest BCUT2D eigenvalue weighted by atomic mass is 9.98. The van der Waals surface area contributed by atoms with Crippen LogP contribution in [0, 0.1) is 11.8 Å². The maximum atomic E-state index is 12.8. The Morgan fingerprint density at radius 2 is 1.48 bits per heavy atom. The highest BCUT2D eigenvalue weighted by Crippen LogP contribution is 2.21. The van der Waals surface area contributed by atoms with Gasteiger partial charge in [-0.25, -0.2) is 0 Å². The Hall–Kier alpha value is -3.70. The van der Waals surface area contributed by atoms with Gasteiger partial charge in [0, 0.05) is 23.5 Å². The van der Waals surface area contributed by atoms with Gasteiger partial charge in [-0.2, -0.15) is 0 Å². The van der Waals surface area contributed by atoms with Crippen LogP contribution in [-0.2, 0) is 32.3 Å². The molecule has 0 aromatic heterocycles. The van der Waals surface area contributed by atoms with Crippen LogP contribution < -0.4 is 20.7 Å². The summed E-state index contributed by atoms with van der Waals surface area (Å²) in [5.74, 6) is -2.45.